The summed E-state index contributed by atoms with van der Waals surface area (Å²) >= 11 is 0. The van der Waals surface area contributed by atoms with Crippen molar-refractivity contribution in [3.63, 3.8) is 0 Å². The maximum atomic E-state index is 12.1. The van der Waals surface area contributed by atoms with E-state index in [1.165, 1.54) is 0 Å². The van der Waals surface area contributed by atoms with Gasteiger partial charge in [0.15, 0.2) is 5.54 Å². The van der Waals surface area contributed by atoms with Crippen LogP contribution in [0.2, 0.25) is 0 Å². The van der Waals surface area contributed by atoms with Crippen LogP contribution < -0.4 is 16.4 Å². The predicted octanol–water partition coefficient (Wildman–Crippen LogP) is -0.851. The number of hydrogen-bond donors (Lipinski definition) is 3. The van der Waals surface area contributed by atoms with Crippen LogP contribution in [0, 0.1) is 0 Å². The Morgan fingerprint density at radius 3 is 2.74 bits per heavy atom. The first-order valence-corrected chi connectivity index (χ1v) is 6.10. The molecule has 0 saturated carbocycles. The molecule has 0 bridgehead atoms. The molecule has 0 radical (unpaired) electrons. The minimum atomic E-state index is -0.898. The van der Waals surface area contributed by atoms with Crippen LogP contribution in [-0.2, 0) is 9.59 Å². The van der Waals surface area contributed by atoms with Crippen molar-refractivity contribution in [2.24, 2.45) is 10.7 Å². The van der Waals surface area contributed by atoms with E-state index in [2.05, 4.69) is 15.6 Å². The van der Waals surface area contributed by atoms with Gasteiger partial charge in [0, 0.05) is 18.5 Å². The second kappa shape index (κ2) is 4.17. The third-order valence-corrected chi connectivity index (χ3v) is 3.55. The summed E-state index contributed by atoms with van der Waals surface area (Å²) in [5.74, 6) is -0.0758. The molecule has 19 heavy (non-hydrogen) atoms. The van der Waals surface area contributed by atoms with E-state index in [0.29, 0.717) is 18.8 Å². The highest BCUT2D eigenvalue weighted by Crippen LogP contribution is 2.28. The second-order valence-corrected chi connectivity index (χ2v) is 4.85. The first kappa shape index (κ1) is 11.9. The SMILES string of the molecule is NC(=O)[C@@H]1C[C@]2(CN1)N=C(c1ccccc1)NC2=O. The van der Waals surface area contributed by atoms with Gasteiger partial charge in [-0.3, -0.25) is 9.59 Å². The Kier molecular flexibility index (Phi) is 2.60. The number of amidine groups is 1. The van der Waals surface area contributed by atoms with Gasteiger partial charge in [-0.2, -0.15) is 0 Å². The molecule has 4 N–H and O–H groups in total. The lowest BCUT2D eigenvalue weighted by molar-refractivity contribution is -0.123. The van der Waals surface area contributed by atoms with E-state index >= 15 is 0 Å². The van der Waals surface area contributed by atoms with Crippen LogP contribution in [0.1, 0.15) is 12.0 Å². The molecular formula is C13H14N4O2. The average Bonchev–Trinajstić information content (AvgIpc) is 2.97. The molecule has 1 spiro atoms. The molecule has 1 saturated heterocycles. The van der Waals surface area contributed by atoms with Crippen molar-refractivity contribution < 1.29 is 9.59 Å². The van der Waals surface area contributed by atoms with E-state index in [1.54, 1.807) is 0 Å². The monoisotopic (exact) mass is 258 g/mol. The number of carbonyl (C=O) groups excluding carboxylic acids is 2. The van der Waals surface area contributed by atoms with Gasteiger partial charge in [0.1, 0.15) is 5.84 Å². The molecule has 2 aliphatic rings. The highest BCUT2D eigenvalue weighted by Gasteiger charge is 2.50. The maximum absolute atomic E-state index is 12.1. The maximum Gasteiger partial charge on any atom is 0.254 e. The third kappa shape index (κ3) is 1.90. The van der Waals surface area contributed by atoms with E-state index in [-0.39, 0.29) is 5.91 Å². The van der Waals surface area contributed by atoms with Crippen LogP contribution in [0.15, 0.2) is 35.3 Å². The first-order valence-electron chi connectivity index (χ1n) is 6.10. The smallest absolute Gasteiger partial charge is 0.254 e. The van der Waals surface area contributed by atoms with Crippen molar-refractivity contribution in [2.75, 3.05) is 6.54 Å². The number of nitrogens with zero attached hydrogens (tertiary/aromatic N) is 1. The molecular weight excluding hydrogens is 244 g/mol. The molecule has 1 aromatic carbocycles. The normalized spacial score (nSPS) is 29.4. The molecule has 1 fully saturated rings. The predicted molar refractivity (Wildman–Crippen MR) is 69.5 cm³/mol. The Bertz CT molecular complexity index is 569. The van der Waals surface area contributed by atoms with Crippen molar-refractivity contribution in [2.45, 2.75) is 18.0 Å². The van der Waals surface area contributed by atoms with Crippen LogP contribution in [0.3, 0.4) is 0 Å². The Hall–Kier alpha value is -2.21. The van der Waals surface area contributed by atoms with Gasteiger partial charge in [0.05, 0.1) is 6.04 Å². The number of hydrogen-bond acceptors (Lipinski definition) is 4. The van der Waals surface area contributed by atoms with Crippen molar-refractivity contribution in [3.8, 4) is 0 Å². The quantitative estimate of drug-likeness (QED) is 0.644. The standard InChI is InChI=1S/C13H14N4O2/c14-10(18)9-6-13(7-15-9)12(19)16-11(17-13)8-4-2-1-3-5-8/h1-5,9,15H,6-7H2,(H2,14,18)(H,16,17,19)/t9-,13+/m0/s1. The Morgan fingerprint density at radius 1 is 1.37 bits per heavy atom. The van der Waals surface area contributed by atoms with Crippen molar-refractivity contribution in [1.82, 2.24) is 10.6 Å². The molecule has 2 aliphatic heterocycles. The Balaban J connectivity index is 1.90. The zero-order chi connectivity index (χ0) is 13.5. The minimum Gasteiger partial charge on any atom is -0.368 e. The lowest BCUT2D eigenvalue weighted by atomic mass is 9.96. The summed E-state index contributed by atoms with van der Waals surface area (Å²) in [4.78, 5) is 27.8. The van der Waals surface area contributed by atoms with E-state index < -0.39 is 17.5 Å². The lowest BCUT2D eigenvalue weighted by Gasteiger charge is -2.14. The number of amides is 2. The van der Waals surface area contributed by atoms with Gasteiger partial charge >= 0.3 is 0 Å². The van der Waals surface area contributed by atoms with Gasteiger partial charge in [-0.1, -0.05) is 30.3 Å². The zero-order valence-corrected chi connectivity index (χ0v) is 10.2. The fourth-order valence-corrected chi connectivity index (χ4v) is 2.48. The molecule has 2 amide bonds. The molecule has 6 heteroatoms. The number of carbonyl (C=O) groups is 2. The minimum absolute atomic E-state index is 0.178. The fourth-order valence-electron chi connectivity index (χ4n) is 2.48. The molecule has 3 rings (SSSR count). The van der Waals surface area contributed by atoms with E-state index in [4.69, 9.17) is 5.73 Å². The molecule has 2 atom stereocenters. The Labute approximate surface area is 110 Å². The zero-order valence-electron chi connectivity index (χ0n) is 10.2. The first-order chi connectivity index (χ1) is 9.11. The van der Waals surface area contributed by atoms with Crippen LogP contribution in [0.25, 0.3) is 0 Å². The highest BCUT2D eigenvalue weighted by atomic mass is 16.2. The topological polar surface area (TPSA) is 96.6 Å². The Morgan fingerprint density at radius 2 is 2.11 bits per heavy atom. The van der Waals surface area contributed by atoms with Gasteiger partial charge in [-0.25, -0.2) is 4.99 Å². The molecule has 1 aromatic rings. The summed E-state index contributed by atoms with van der Waals surface area (Å²) in [6, 6.07) is 8.93. The number of rotatable bonds is 2. The van der Waals surface area contributed by atoms with Crippen LogP contribution in [0.4, 0.5) is 0 Å². The molecule has 98 valence electrons. The summed E-state index contributed by atoms with van der Waals surface area (Å²) in [6.07, 6.45) is 0.310. The largest absolute Gasteiger partial charge is 0.368 e. The highest BCUT2D eigenvalue weighted by molar-refractivity contribution is 6.15. The van der Waals surface area contributed by atoms with Crippen LogP contribution in [0.5, 0.6) is 0 Å². The fraction of sp³-hybridized carbons (Fsp3) is 0.308. The summed E-state index contributed by atoms with van der Waals surface area (Å²) < 4.78 is 0. The van der Waals surface area contributed by atoms with E-state index in [9.17, 15) is 9.59 Å². The van der Waals surface area contributed by atoms with Gasteiger partial charge in [-0.15, -0.1) is 0 Å². The number of nitrogens with one attached hydrogen (secondary N) is 2. The number of nitrogens with two attached hydrogens (primary N) is 1. The molecule has 6 nitrogen and oxygen atoms in total. The molecule has 0 aliphatic carbocycles. The lowest BCUT2D eigenvalue weighted by Crippen LogP contribution is -2.41. The van der Waals surface area contributed by atoms with E-state index in [1.807, 2.05) is 30.3 Å². The molecule has 0 unspecified atom stereocenters. The average molecular weight is 258 g/mol. The summed E-state index contributed by atoms with van der Waals surface area (Å²) in [5, 5.41) is 5.73. The number of aliphatic imine (C=N–C) groups is 1. The molecule has 0 aromatic heterocycles. The number of primary amides is 1. The second-order valence-electron chi connectivity index (χ2n) is 4.85. The number of benzene rings is 1. The summed E-state index contributed by atoms with van der Waals surface area (Å²) in [6.45, 7) is 0.336. The van der Waals surface area contributed by atoms with Gasteiger partial charge < -0.3 is 16.4 Å². The summed E-state index contributed by atoms with van der Waals surface area (Å²) in [5.41, 5.74) is 5.22. The van der Waals surface area contributed by atoms with Crippen LogP contribution in [-0.4, -0.2) is 35.8 Å². The van der Waals surface area contributed by atoms with Crippen molar-refractivity contribution >= 4 is 17.6 Å². The van der Waals surface area contributed by atoms with Gasteiger partial charge in [-0.05, 0) is 0 Å². The third-order valence-electron chi connectivity index (χ3n) is 3.55. The van der Waals surface area contributed by atoms with E-state index in [0.717, 1.165) is 5.56 Å². The van der Waals surface area contributed by atoms with Gasteiger partial charge in [0.25, 0.3) is 5.91 Å². The molecule has 2 heterocycles. The van der Waals surface area contributed by atoms with Gasteiger partial charge in [0.2, 0.25) is 5.91 Å². The van der Waals surface area contributed by atoms with Crippen molar-refractivity contribution in [1.29, 1.82) is 0 Å². The summed E-state index contributed by atoms with van der Waals surface area (Å²) in [7, 11) is 0. The van der Waals surface area contributed by atoms with Crippen LogP contribution >= 0.6 is 0 Å². The van der Waals surface area contributed by atoms with Crippen molar-refractivity contribution in [3.05, 3.63) is 35.9 Å².